The second kappa shape index (κ2) is 66.7. The van der Waals surface area contributed by atoms with E-state index in [4.69, 9.17) is 68.1 Å². The molecule has 0 amide bonds. The Bertz CT molecular complexity index is 4790. The van der Waals surface area contributed by atoms with Crippen molar-refractivity contribution in [1.29, 1.82) is 0 Å². The summed E-state index contributed by atoms with van der Waals surface area (Å²) in [5, 5.41) is 3.48. The monoisotopic (exact) mass is 2550 g/mol. The summed E-state index contributed by atoms with van der Waals surface area (Å²) in [5.41, 5.74) is 17.2. The van der Waals surface area contributed by atoms with Crippen LogP contribution in [-0.2, 0) is 83.4 Å². The summed E-state index contributed by atoms with van der Waals surface area (Å²) in [5.74, 6) is 13.0. The standard InChI is InChI=1S/C34H46Si.C33H44Si.C33H52Si.C25H36Si.8CH3.8ClH.4Zr/c1-6-7-13-22-35(28-16-11-12-17-28,27-14-9-8-10-15-27)33-31-23-25(2)18-20-29(31)30-21-19-26(24-32(30)33)34(3,4)5;1-6-7-21-34(27-15-11-12-16-27,26-13-9-8-10-14-26)32-30-22-24(2)17-19-28(30)29-20-18-25(23-31(29)32)33(3,4)5;1-10-11-12-13-23-14-17-26(20-23)34(8,9)31-29-21-24(32(2,3)4)15-18-27(29)28-19-16-25(22-30(28)31)33(5,6)7;1-4-5-6-11-19-16-17-20(18-19)26(2,3)25-23-14-9-7-12-21(23)22-13-8-10-15-24(22)25;;;;;;;;;;;;;;;;;;;;/h6,8-10,14-15,18-21,23-24,28-33H,1,7,11-13,16-17,22H2,2-5H3;6,8-10,13-14,17-20,22-23,27-32H,1,7,11-12,15-16,21H2,2-5H3;10,15-16,18-19,21-23,26-31H,1,11-14,17,20H2,2-9H3;4,7-10,12-15,19-25H,1,5-6,11,16-18H2,2-3H3;8*1H3;8*1H;;;;/q;;;;8*-1;;;;;;;;;4*+4/p-8. The average molecular weight is 2560 g/mol. The quantitative estimate of drug-likeness (QED) is 0.0402. The van der Waals surface area contributed by atoms with Gasteiger partial charge in [-0.15, -0.1) is 26.3 Å². The predicted octanol–water partition coefficient (Wildman–Crippen LogP) is 44.5. The van der Waals surface area contributed by atoms with Crippen LogP contribution < -0.4 is 10.4 Å². The third-order valence-corrected chi connectivity index (χ3v) is 61.2. The SMILES string of the molecule is C=CCCCC1CCC([Si](C)(C)C2C3C=C(C(C)(C)C)C=CC3C3C=CC(C(C)(C)C)=CC32)C1.C=CCCCC1CCC([Si](C)(C)C2C3C=CC=CC3C3C=CC=CC32)C1.C=CCCC[Si](c1ccccc1)(C1CCCC1)C1C2C=C(C)C=CC2C2C=CC(C(C)(C)C)=CC21.C=CCC[Si](c1ccccc1)(C1CCCC1)C1C2C=C(C)C=CC2C2C=CC(C(C)(C)C)=CC21.[CH3-].[CH3-].[CH3-].[CH3-].[CH3-].[CH3-].[CH3-].[CH3-].[Cl][Zr+2][Cl].[Cl][Zr+2][Cl].[Cl][Zr+2][Cl].[Cl][Zr+2][Cl]. The zero-order valence-corrected chi connectivity index (χ0v) is 118. The summed E-state index contributed by atoms with van der Waals surface area (Å²) in [7, 11) is 32.9. The fraction of sp³-hybridized carbons (Fsp3) is 0.549. The Balaban J connectivity index is 0.000000485. The van der Waals surface area contributed by atoms with Gasteiger partial charge in [-0.2, -0.15) is 0 Å². The Morgan fingerprint density at radius 2 is 0.537 bits per heavy atom. The molecule has 0 aliphatic heterocycles. The number of unbranched alkanes of at least 4 members (excludes halogenated alkanes) is 3. The fourth-order valence-corrected chi connectivity index (χ4v) is 56.4. The van der Waals surface area contributed by atoms with Gasteiger partial charge in [0.25, 0.3) is 0 Å². The van der Waals surface area contributed by atoms with Crippen molar-refractivity contribution in [2.24, 2.45) is 128 Å². The molecular formula is C133H202Cl8Si4Zr4. The van der Waals surface area contributed by atoms with Gasteiger partial charge < -0.3 is 59.4 Å². The molecule has 8 saturated carbocycles. The Labute approximate surface area is 999 Å². The van der Waals surface area contributed by atoms with E-state index < -0.39 is 116 Å². The number of hydrogen-bond donors (Lipinski definition) is 0. The number of hydrogen-bond acceptors (Lipinski definition) is 0. The first-order valence-corrected chi connectivity index (χ1v) is 91.1. The van der Waals surface area contributed by atoms with E-state index in [-0.39, 0.29) is 81.1 Å². The first kappa shape index (κ1) is 143. The van der Waals surface area contributed by atoms with Crippen LogP contribution in [0.3, 0.4) is 0 Å². The van der Waals surface area contributed by atoms with Crippen molar-refractivity contribution in [3.05, 3.63) is 362 Å². The molecule has 2 aromatic carbocycles. The third-order valence-electron chi connectivity index (χ3n) is 37.9. The maximum atomic E-state index is 4.93. The minimum absolute atomic E-state index is 0. The number of fused-ring (bicyclic) bond motifs is 12. The molecule has 0 radical (unpaired) electrons. The van der Waals surface area contributed by atoms with E-state index in [0.717, 1.165) is 105 Å². The molecule has 8 fully saturated rings. The van der Waals surface area contributed by atoms with E-state index in [0.29, 0.717) is 59.2 Å². The van der Waals surface area contributed by atoms with Crippen molar-refractivity contribution in [2.75, 3.05) is 0 Å². The molecule has 149 heavy (non-hydrogen) atoms. The second-order valence-electron chi connectivity index (χ2n) is 50.2. The van der Waals surface area contributed by atoms with E-state index in [1.165, 1.54) is 158 Å². The molecule has 18 rings (SSSR count). The molecule has 16 heteroatoms. The molecule has 822 valence electrons. The van der Waals surface area contributed by atoms with Gasteiger partial charge in [0.15, 0.2) is 0 Å². The van der Waals surface area contributed by atoms with Crippen molar-refractivity contribution in [3.8, 4) is 0 Å². The van der Waals surface area contributed by atoms with E-state index in [1.54, 1.807) is 32.7 Å². The maximum absolute atomic E-state index is 4.93. The summed E-state index contributed by atoms with van der Waals surface area (Å²) in [4.78, 5) is 0. The molecule has 0 spiro atoms. The summed E-state index contributed by atoms with van der Waals surface area (Å²) in [6.45, 7) is 60.6. The van der Waals surface area contributed by atoms with Gasteiger partial charge >= 0.3 is 151 Å². The van der Waals surface area contributed by atoms with Gasteiger partial charge in [0.05, 0.1) is 32.3 Å². The van der Waals surface area contributed by atoms with Gasteiger partial charge in [-0.1, -0.05) is 476 Å². The van der Waals surface area contributed by atoms with Gasteiger partial charge in [-0.05, 0) is 266 Å². The minimum atomic E-state index is -1.89. The summed E-state index contributed by atoms with van der Waals surface area (Å²) in [6, 6.07) is 26.7. The third kappa shape index (κ3) is 34.8. The first-order valence-electron chi connectivity index (χ1n) is 54.8. The zero-order chi connectivity index (χ0) is 102. The van der Waals surface area contributed by atoms with Crippen molar-refractivity contribution in [3.63, 3.8) is 0 Å². The number of allylic oxidation sites excluding steroid dienone is 36. The molecule has 24 atom stereocenters. The van der Waals surface area contributed by atoms with Crippen LogP contribution in [0.25, 0.3) is 0 Å². The average Bonchev–Trinajstić information content (AvgIpc) is 1.56. The predicted molar refractivity (Wildman–Crippen MR) is 675 cm³/mol. The van der Waals surface area contributed by atoms with Crippen molar-refractivity contribution in [2.45, 2.75) is 327 Å². The Morgan fingerprint density at radius 1 is 0.289 bits per heavy atom. The molecule has 0 bridgehead atoms. The zero-order valence-electron chi connectivity index (χ0n) is 97.6. The fourth-order valence-electron chi connectivity index (χ4n) is 31.5. The summed E-state index contributed by atoms with van der Waals surface area (Å²) in [6.07, 6.45) is 107. The number of rotatable bonds is 25. The molecule has 16 aliphatic carbocycles. The van der Waals surface area contributed by atoms with E-state index in [9.17, 15) is 0 Å². The van der Waals surface area contributed by atoms with Gasteiger partial charge in [-0.25, -0.2) is 0 Å². The van der Waals surface area contributed by atoms with Gasteiger partial charge in [-0.3, -0.25) is 0 Å². The van der Waals surface area contributed by atoms with Crippen LogP contribution in [0, 0.1) is 188 Å². The van der Waals surface area contributed by atoms with Gasteiger partial charge in [0.1, 0.15) is 0 Å². The second-order valence-corrected chi connectivity index (χ2v) is 84.7. The van der Waals surface area contributed by atoms with Crippen LogP contribution in [0.2, 0.25) is 82.6 Å². The molecule has 0 aromatic heterocycles. The van der Waals surface area contributed by atoms with Gasteiger partial charge in [0.2, 0.25) is 0 Å². The van der Waals surface area contributed by atoms with Crippen LogP contribution >= 0.6 is 68.1 Å². The first-order chi connectivity index (χ1) is 67.3. The van der Waals surface area contributed by atoms with Crippen molar-refractivity contribution in [1.82, 2.24) is 0 Å². The Hall–Kier alpha value is -0.0400. The van der Waals surface area contributed by atoms with Crippen molar-refractivity contribution < 1.29 is 83.4 Å². The molecule has 16 aliphatic rings. The van der Waals surface area contributed by atoms with E-state index in [2.05, 4.69) is 392 Å². The Morgan fingerprint density at radius 3 is 0.826 bits per heavy atom. The Kier molecular flexibility index (Phi) is 64.0. The van der Waals surface area contributed by atoms with Crippen LogP contribution in [0.15, 0.2) is 303 Å². The molecule has 0 N–H and O–H groups in total. The molecule has 24 unspecified atom stereocenters. The van der Waals surface area contributed by atoms with Gasteiger partial charge in [0, 0.05) is 0 Å². The normalized spacial score (nSPS) is 30.4. The van der Waals surface area contributed by atoms with Crippen LogP contribution in [0.5, 0.6) is 0 Å². The molecule has 0 heterocycles. The van der Waals surface area contributed by atoms with E-state index in [1.807, 2.05) is 0 Å². The number of benzene rings is 2. The molecule has 0 nitrogen and oxygen atoms in total. The van der Waals surface area contributed by atoms with Crippen LogP contribution in [-0.4, -0.2) is 32.3 Å². The molecule has 0 saturated heterocycles. The van der Waals surface area contributed by atoms with Crippen LogP contribution in [0.1, 0.15) is 245 Å². The topological polar surface area (TPSA) is 0 Å². The number of halogens is 8. The summed E-state index contributed by atoms with van der Waals surface area (Å²) >= 11 is -3.30. The summed E-state index contributed by atoms with van der Waals surface area (Å²) < 4.78 is 0. The van der Waals surface area contributed by atoms with Crippen LogP contribution in [0.4, 0.5) is 0 Å². The van der Waals surface area contributed by atoms with Crippen molar-refractivity contribution >= 4 is 111 Å². The molecule has 2 aromatic rings. The van der Waals surface area contributed by atoms with E-state index >= 15 is 0 Å². The molecular weight excluding hydrogens is 2360 g/mol.